The summed E-state index contributed by atoms with van der Waals surface area (Å²) in [4.78, 5) is 34.4. The van der Waals surface area contributed by atoms with Gasteiger partial charge in [-0.1, -0.05) is 53.7 Å². The lowest BCUT2D eigenvalue weighted by Crippen LogP contribution is -2.43. The molecule has 2 aromatic carbocycles. The number of carbonyl (C=O) groups excluding carboxylic acids is 2. The summed E-state index contributed by atoms with van der Waals surface area (Å²) in [5.41, 5.74) is 2.20. The van der Waals surface area contributed by atoms with Crippen molar-refractivity contribution in [2.24, 2.45) is 0 Å². The van der Waals surface area contributed by atoms with Gasteiger partial charge in [0.1, 0.15) is 18.2 Å². The van der Waals surface area contributed by atoms with E-state index in [0.717, 1.165) is 49.4 Å². The Bertz CT molecular complexity index is 1250. The predicted octanol–water partition coefficient (Wildman–Crippen LogP) is 4.57. The molecule has 10 nitrogen and oxygen atoms in total. The molecule has 1 aliphatic rings. The molecular weight excluding hydrogens is 510 g/mol. The van der Waals surface area contributed by atoms with E-state index >= 15 is 0 Å². The topological polar surface area (TPSA) is 110 Å². The molecule has 0 aliphatic carbocycles. The van der Waals surface area contributed by atoms with E-state index in [1.807, 2.05) is 42.5 Å². The highest BCUT2D eigenvalue weighted by atomic mass is 16.6. The van der Waals surface area contributed by atoms with E-state index in [1.54, 1.807) is 20.8 Å². The monoisotopic (exact) mass is 549 g/mol. The molecule has 1 N–H and O–H groups in total. The number of rotatable bonds is 10. The second-order valence-corrected chi connectivity index (χ2v) is 11.1. The number of nitrogens with zero attached hydrogens (tertiary/aromatic N) is 4. The van der Waals surface area contributed by atoms with Crippen molar-refractivity contribution in [2.75, 3.05) is 33.2 Å². The van der Waals surface area contributed by atoms with Gasteiger partial charge in [0.15, 0.2) is 0 Å². The van der Waals surface area contributed by atoms with Gasteiger partial charge in [-0.05, 0) is 51.4 Å². The van der Waals surface area contributed by atoms with E-state index in [-0.39, 0.29) is 25.3 Å². The van der Waals surface area contributed by atoms with Crippen molar-refractivity contribution in [2.45, 2.75) is 58.4 Å². The van der Waals surface area contributed by atoms with Crippen LogP contribution < -0.4 is 5.32 Å². The van der Waals surface area contributed by atoms with Gasteiger partial charge in [-0.2, -0.15) is 4.98 Å². The molecule has 4 rings (SSSR count). The molecule has 0 radical (unpaired) electrons. The number of piperazine rings is 1. The van der Waals surface area contributed by atoms with E-state index in [0.29, 0.717) is 5.82 Å². The van der Waals surface area contributed by atoms with Crippen molar-refractivity contribution in [3.05, 3.63) is 71.6 Å². The van der Waals surface area contributed by atoms with Crippen molar-refractivity contribution in [3.63, 3.8) is 0 Å². The van der Waals surface area contributed by atoms with Crippen LogP contribution in [0.2, 0.25) is 0 Å². The first-order valence-corrected chi connectivity index (χ1v) is 13.7. The molecule has 2 heterocycles. The second kappa shape index (κ2) is 13.5. The minimum absolute atomic E-state index is 0.0471. The molecule has 1 aliphatic heterocycles. The van der Waals surface area contributed by atoms with Crippen LogP contribution in [0.5, 0.6) is 0 Å². The van der Waals surface area contributed by atoms with Crippen LogP contribution in [0.3, 0.4) is 0 Å². The third kappa shape index (κ3) is 9.17. The van der Waals surface area contributed by atoms with Crippen LogP contribution >= 0.6 is 0 Å². The van der Waals surface area contributed by atoms with Crippen molar-refractivity contribution >= 4 is 12.1 Å². The lowest BCUT2D eigenvalue weighted by Gasteiger charge is -2.32. The Kier molecular flexibility index (Phi) is 9.89. The Morgan fingerprint density at radius 1 is 1.02 bits per heavy atom. The smallest absolute Gasteiger partial charge is 0.408 e. The Balaban J connectivity index is 1.42. The molecule has 1 aromatic heterocycles. The highest BCUT2D eigenvalue weighted by Crippen LogP contribution is 2.24. The minimum Gasteiger partial charge on any atom is -0.461 e. The summed E-state index contributed by atoms with van der Waals surface area (Å²) in [7, 11) is 2.14. The summed E-state index contributed by atoms with van der Waals surface area (Å²) in [5, 5.41) is 6.95. The lowest BCUT2D eigenvalue weighted by atomic mass is 10.1. The van der Waals surface area contributed by atoms with Gasteiger partial charge in [0, 0.05) is 44.7 Å². The summed E-state index contributed by atoms with van der Waals surface area (Å²) in [6, 6.07) is 16.8. The SMILES string of the molecule is CN1CCN(Cc2cccc(-c3noc([C@H](CCC(=O)OCc4ccccc4)NC(=O)OC(C)(C)C)n3)c2)CC1. The van der Waals surface area contributed by atoms with Crippen molar-refractivity contribution in [3.8, 4) is 11.4 Å². The van der Waals surface area contributed by atoms with Crippen LogP contribution in [0.15, 0.2) is 59.1 Å². The second-order valence-electron chi connectivity index (χ2n) is 11.1. The van der Waals surface area contributed by atoms with E-state index in [9.17, 15) is 9.59 Å². The Morgan fingerprint density at radius 2 is 1.75 bits per heavy atom. The maximum Gasteiger partial charge on any atom is 0.408 e. The highest BCUT2D eigenvalue weighted by Gasteiger charge is 2.26. The average Bonchev–Trinajstić information content (AvgIpc) is 3.41. The quantitative estimate of drug-likeness (QED) is 0.364. The zero-order chi connectivity index (χ0) is 28.5. The predicted molar refractivity (Wildman–Crippen MR) is 150 cm³/mol. The molecule has 1 saturated heterocycles. The molecule has 0 spiro atoms. The molecule has 0 unspecified atom stereocenters. The van der Waals surface area contributed by atoms with Crippen LogP contribution in [0.4, 0.5) is 4.79 Å². The van der Waals surface area contributed by atoms with Gasteiger partial charge in [0.2, 0.25) is 11.7 Å². The maximum atomic E-state index is 12.6. The number of ether oxygens (including phenoxy) is 2. The average molecular weight is 550 g/mol. The summed E-state index contributed by atoms with van der Waals surface area (Å²) in [6.07, 6.45) is -0.382. The van der Waals surface area contributed by atoms with Crippen LogP contribution in [0.25, 0.3) is 11.4 Å². The fourth-order valence-corrected chi connectivity index (χ4v) is 4.35. The number of carbonyl (C=O) groups is 2. The number of benzene rings is 2. The number of aromatic nitrogens is 2. The summed E-state index contributed by atoms with van der Waals surface area (Å²) < 4.78 is 16.4. The number of amides is 1. The molecule has 1 amide bonds. The van der Waals surface area contributed by atoms with Gasteiger partial charge in [-0.15, -0.1) is 0 Å². The Morgan fingerprint density at radius 3 is 2.48 bits per heavy atom. The lowest BCUT2D eigenvalue weighted by molar-refractivity contribution is -0.145. The first-order valence-electron chi connectivity index (χ1n) is 13.7. The zero-order valence-corrected chi connectivity index (χ0v) is 23.8. The van der Waals surface area contributed by atoms with Crippen molar-refractivity contribution in [1.29, 1.82) is 0 Å². The van der Waals surface area contributed by atoms with Crippen LogP contribution in [-0.2, 0) is 27.4 Å². The van der Waals surface area contributed by atoms with E-state index in [1.165, 1.54) is 0 Å². The molecule has 3 aromatic rings. The highest BCUT2D eigenvalue weighted by molar-refractivity contribution is 5.70. The number of alkyl carbamates (subject to hydrolysis) is 1. The standard InChI is InChI=1S/C30H39N5O5/c1-30(2,3)39-29(37)31-25(13-14-26(36)38-21-22-9-6-5-7-10-22)28-32-27(33-40-28)24-12-8-11-23(19-24)20-35-17-15-34(4)16-18-35/h5-12,19,25H,13-18,20-21H2,1-4H3,(H,31,37)/t25-/m0/s1. The minimum atomic E-state index is -0.728. The molecule has 214 valence electrons. The number of likely N-dealkylation sites (N-methyl/N-ethyl adjacent to an activating group) is 1. The third-order valence-electron chi connectivity index (χ3n) is 6.50. The largest absolute Gasteiger partial charge is 0.461 e. The number of nitrogens with one attached hydrogen (secondary N) is 1. The number of esters is 1. The van der Waals surface area contributed by atoms with Gasteiger partial charge < -0.3 is 24.2 Å². The van der Waals surface area contributed by atoms with Gasteiger partial charge >= 0.3 is 12.1 Å². The fraction of sp³-hybridized carbons (Fsp3) is 0.467. The summed E-state index contributed by atoms with van der Waals surface area (Å²) >= 11 is 0. The van der Waals surface area contributed by atoms with Gasteiger partial charge in [0.05, 0.1) is 0 Å². The maximum absolute atomic E-state index is 12.6. The molecular formula is C30H39N5O5. The third-order valence-corrected chi connectivity index (χ3v) is 6.50. The van der Waals surface area contributed by atoms with Crippen LogP contribution in [-0.4, -0.2) is 70.8 Å². The Hall–Kier alpha value is -3.76. The van der Waals surface area contributed by atoms with Gasteiger partial charge in [-0.3, -0.25) is 9.69 Å². The van der Waals surface area contributed by atoms with Gasteiger partial charge in [-0.25, -0.2) is 4.79 Å². The van der Waals surface area contributed by atoms with E-state index in [4.69, 9.17) is 14.0 Å². The number of hydrogen-bond acceptors (Lipinski definition) is 9. The van der Waals surface area contributed by atoms with Gasteiger partial charge in [0.25, 0.3) is 0 Å². The first-order chi connectivity index (χ1) is 19.1. The van der Waals surface area contributed by atoms with Crippen molar-refractivity contribution < 1.29 is 23.6 Å². The normalized spacial score (nSPS) is 15.4. The van der Waals surface area contributed by atoms with E-state index < -0.39 is 23.7 Å². The molecule has 1 atom stereocenters. The summed E-state index contributed by atoms with van der Waals surface area (Å²) in [6.45, 7) is 10.5. The van der Waals surface area contributed by atoms with Crippen LogP contribution in [0, 0.1) is 0 Å². The first kappa shape index (κ1) is 29.2. The van der Waals surface area contributed by atoms with Crippen molar-refractivity contribution in [1.82, 2.24) is 25.3 Å². The molecule has 0 bridgehead atoms. The fourth-order valence-electron chi connectivity index (χ4n) is 4.35. The molecule has 0 saturated carbocycles. The van der Waals surface area contributed by atoms with E-state index in [2.05, 4.69) is 44.4 Å². The molecule has 40 heavy (non-hydrogen) atoms. The molecule has 1 fully saturated rings. The van der Waals surface area contributed by atoms with Crippen LogP contribution in [0.1, 0.15) is 56.7 Å². The summed E-state index contributed by atoms with van der Waals surface area (Å²) in [5.74, 6) is 0.218. The zero-order valence-electron chi connectivity index (χ0n) is 23.8. The Labute approximate surface area is 235 Å². The number of hydrogen-bond donors (Lipinski definition) is 1. The molecule has 10 heteroatoms.